The van der Waals surface area contributed by atoms with E-state index in [1.54, 1.807) is 17.0 Å². The summed E-state index contributed by atoms with van der Waals surface area (Å²) in [4.78, 5) is 14.5. The summed E-state index contributed by atoms with van der Waals surface area (Å²) in [7, 11) is 0. The molecular weight excluding hydrogens is 370 g/mol. The number of halogens is 1. The van der Waals surface area contributed by atoms with Gasteiger partial charge in [-0.1, -0.05) is 23.7 Å². The quantitative estimate of drug-likeness (QED) is 0.855. The molecule has 1 unspecified atom stereocenters. The number of phenols is 1. The molecule has 0 radical (unpaired) electrons. The minimum atomic E-state index is -0.593. The number of aromatic hydroxyl groups is 1. The summed E-state index contributed by atoms with van der Waals surface area (Å²) < 4.78 is 16.6. The summed E-state index contributed by atoms with van der Waals surface area (Å²) in [5, 5.41) is 11.1. The molecule has 1 fully saturated rings. The number of benzene rings is 2. The van der Waals surface area contributed by atoms with E-state index in [1.165, 1.54) is 0 Å². The number of ether oxygens (including phenoxy) is 3. The van der Waals surface area contributed by atoms with E-state index in [4.69, 9.17) is 25.8 Å². The summed E-state index contributed by atoms with van der Waals surface area (Å²) in [6.07, 6.45) is -0.593. The van der Waals surface area contributed by atoms with Gasteiger partial charge in [-0.3, -0.25) is 4.79 Å². The molecule has 2 aliphatic rings. The summed E-state index contributed by atoms with van der Waals surface area (Å²) in [5.41, 5.74) is 2.43. The highest BCUT2D eigenvalue weighted by Crippen LogP contribution is 2.38. The first-order valence-electron chi connectivity index (χ1n) is 8.84. The molecule has 0 spiro atoms. The summed E-state index contributed by atoms with van der Waals surface area (Å²) >= 11 is 6.09. The second kappa shape index (κ2) is 7.76. The lowest BCUT2D eigenvalue weighted by Gasteiger charge is -2.28. The Morgan fingerprint density at radius 3 is 2.81 bits per heavy atom. The fourth-order valence-corrected chi connectivity index (χ4v) is 3.55. The standard InChI is InChI=1S/C20H20ClNO5/c21-16-3-1-2-13(9-16)14-8-15-11-22(4-5-27-19(15)17(23)10-14)20(24)18-12-25-6-7-26-18/h1-3,8-10,18,23H,4-7,11-12H2. The molecule has 0 saturated carbocycles. The van der Waals surface area contributed by atoms with Gasteiger partial charge >= 0.3 is 0 Å². The van der Waals surface area contributed by atoms with Crippen LogP contribution in [0, 0.1) is 0 Å². The predicted octanol–water partition coefficient (Wildman–Crippen LogP) is 2.85. The van der Waals surface area contributed by atoms with Gasteiger partial charge in [0.1, 0.15) is 6.61 Å². The van der Waals surface area contributed by atoms with Crippen LogP contribution in [-0.2, 0) is 20.8 Å². The third-order valence-corrected chi connectivity index (χ3v) is 4.91. The average molecular weight is 390 g/mol. The lowest BCUT2D eigenvalue weighted by atomic mass is 10.0. The minimum Gasteiger partial charge on any atom is -0.504 e. The van der Waals surface area contributed by atoms with E-state index >= 15 is 0 Å². The van der Waals surface area contributed by atoms with Gasteiger partial charge in [0.25, 0.3) is 5.91 Å². The molecule has 1 amide bonds. The van der Waals surface area contributed by atoms with Gasteiger partial charge in [0.2, 0.25) is 0 Å². The smallest absolute Gasteiger partial charge is 0.254 e. The zero-order valence-corrected chi connectivity index (χ0v) is 15.4. The van der Waals surface area contributed by atoms with Gasteiger partial charge in [0.05, 0.1) is 26.4 Å². The van der Waals surface area contributed by atoms with Crippen LogP contribution in [0.15, 0.2) is 36.4 Å². The number of amides is 1. The van der Waals surface area contributed by atoms with Crippen LogP contribution >= 0.6 is 11.6 Å². The van der Waals surface area contributed by atoms with E-state index in [0.717, 1.165) is 16.7 Å². The molecule has 2 aromatic carbocycles. The SMILES string of the molecule is O=C(C1COCCO1)N1CCOc2c(O)cc(-c3cccc(Cl)c3)cc2C1. The van der Waals surface area contributed by atoms with Crippen molar-refractivity contribution in [2.24, 2.45) is 0 Å². The lowest BCUT2D eigenvalue weighted by molar-refractivity contribution is -0.158. The summed E-state index contributed by atoms with van der Waals surface area (Å²) in [6.45, 7) is 2.23. The fourth-order valence-electron chi connectivity index (χ4n) is 3.36. The maximum atomic E-state index is 12.8. The van der Waals surface area contributed by atoms with Crippen LogP contribution in [-0.4, -0.2) is 55.0 Å². The van der Waals surface area contributed by atoms with E-state index in [9.17, 15) is 9.90 Å². The Hall–Kier alpha value is -2.28. The number of fused-ring (bicyclic) bond motifs is 1. The maximum Gasteiger partial charge on any atom is 0.254 e. The van der Waals surface area contributed by atoms with Crippen LogP contribution in [0.2, 0.25) is 5.02 Å². The molecule has 0 aromatic heterocycles. The molecule has 1 saturated heterocycles. The molecule has 7 heteroatoms. The highest BCUT2D eigenvalue weighted by molar-refractivity contribution is 6.30. The van der Waals surface area contributed by atoms with Crippen molar-refractivity contribution < 1.29 is 24.1 Å². The minimum absolute atomic E-state index is 0.0500. The fraction of sp³-hybridized carbons (Fsp3) is 0.350. The van der Waals surface area contributed by atoms with Gasteiger partial charge in [-0.05, 0) is 35.4 Å². The Morgan fingerprint density at radius 1 is 1.15 bits per heavy atom. The van der Waals surface area contributed by atoms with Gasteiger partial charge in [0.15, 0.2) is 17.6 Å². The second-order valence-corrected chi connectivity index (χ2v) is 6.97. The number of carbonyl (C=O) groups is 1. The topological polar surface area (TPSA) is 68.2 Å². The van der Waals surface area contributed by atoms with Gasteiger partial charge < -0.3 is 24.2 Å². The van der Waals surface area contributed by atoms with Crippen molar-refractivity contribution in [2.45, 2.75) is 12.6 Å². The zero-order valence-electron chi connectivity index (χ0n) is 14.7. The Balaban J connectivity index is 1.63. The van der Waals surface area contributed by atoms with Crippen molar-refractivity contribution in [1.29, 1.82) is 0 Å². The molecule has 2 heterocycles. The van der Waals surface area contributed by atoms with Crippen LogP contribution in [0.5, 0.6) is 11.5 Å². The summed E-state index contributed by atoms with van der Waals surface area (Å²) in [6, 6.07) is 11.0. The van der Waals surface area contributed by atoms with E-state index in [1.807, 2.05) is 24.3 Å². The zero-order chi connectivity index (χ0) is 18.8. The van der Waals surface area contributed by atoms with E-state index < -0.39 is 6.10 Å². The Bertz CT molecular complexity index is 850. The van der Waals surface area contributed by atoms with Crippen molar-refractivity contribution in [3.05, 3.63) is 47.0 Å². The average Bonchev–Trinajstić information content (AvgIpc) is 2.91. The molecule has 1 N–H and O–H groups in total. The Morgan fingerprint density at radius 2 is 2.04 bits per heavy atom. The van der Waals surface area contributed by atoms with E-state index in [2.05, 4.69) is 0 Å². The van der Waals surface area contributed by atoms with Crippen LogP contribution in [0.4, 0.5) is 0 Å². The molecule has 0 bridgehead atoms. The molecule has 4 rings (SSSR count). The van der Waals surface area contributed by atoms with Crippen molar-refractivity contribution in [2.75, 3.05) is 33.0 Å². The first kappa shape index (κ1) is 18.1. The van der Waals surface area contributed by atoms with Crippen LogP contribution in [0.1, 0.15) is 5.56 Å². The third kappa shape index (κ3) is 3.88. The van der Waals surface area contributed by atoms with Crippen molar-refractivity contribution in [1.82, 2.24) is 4.90 Å². The van der Waals surface area contributed by atoms with Crippen molar-refractivity contribution in [3.8, 4) is 22.6 Å². The van der Waals surface area contributed by atoms with E-state index in [0.29, 0.717) is 43.7 Å². The molecular formula is C20H20ClNO5. The molecule has 27 heavy (non-hydrogen) atoms. The van der Waals surface area contributed by atoms with E-state index in [-0.39, 0.29) is 18.3 Å². The largest absolute Gasteiger partial charge is 0.504 e. The molecule has 1 atom stereocenters. The number of phenolic OH excluding ortho intramolecular Hbond substituents is 1. The second-order valence-electron chi connectivity index (χ2n) is 6.54. The van der Waals surface area contributed by atoms with Crippen LogP contribution in [0.25, 0.3) is 11.1 Å². The molecule has 0 aliphatic carbocycles. The van der Waals surface area contributed by atoms with Crippen LogP contribution < -0.4 is 4.74 Å². The first-order chi connectivity index (χ1) is 13.1. The number of hydrogen-bond acceptors (Lipinski definition) is 5. The lowest BCUT2D eigenvalue weighted by Crippen LogP contribution is -2.45. The Labute approximate surface area is 162 Å². The molecule has 2 aromatic rings. The number of nitrogens with zero attached hydrogens (tertiary/aromatic N) is 1. The number of rotatable bonds is 2. The van der Waals surface area contributed by atoms with Gasteiger partial charge in [-0.15, -0.1) is 0 Å². The predicted molar refractivity (Wildman–Crippen MR) is 100 cm³/mol. The third-order valence-electron chi connectivity index (χ3n) is 4.68. The monoisotopic (exact) mass is 389 g/mol. The number of hydrogen-bond donors (Lipinski definition) is 1. The first-order valence-corrected chi connectivity index (χ1v) is 9.22. The maximum absolute atomic E-state index is 12.8. The normalized spacial score (nSPS) is 19.7. The van der Waals surface area contributed by atoms with Gasteiger partial charge in [0, 0.05) is 17.1 Å². The van der Waals surface area contributed by atoms with Crippen molar-refractivity contribution >= 4 is 17.5 Å². The highest BCUT2D eigenvalue weighted by atomic mass is 35.5. The van der Waals surface area contributed by atoms with Gasteiger partial charge in [-0.25, -0.2) is 0 Å². The molecule has 6 nitrogen and oxygen atoms in total. The summed E-state index contributed by atoms with van der Waals surface area (Å²) in [5.74, 6) is 0.338. The van der Waals surface area contributed by atoms with Gasteiger partial charge in [-0.2, -0.15) is 0 Å². The molecule has 142 valence electrons. The Kier molecular flexibility index (Phi) is 5.20. The number of carbonyl (C=O) groups excluding carboxylic acids is 1. The van der Waals surface area contributed by atoms with Crippen LogP contribution in [0.3, 0.4) is 0 Å². The highest BCUT2D eigenvalue weighted by Gasteiger charge is 2.30. The molecule has 2 aliphatic heterocycles. The van der Waals surface area contributed by atoms with Crippen molar-refractivity contribution in [3.63, 3.8) is 0 Å².